The fraction of sp³-hybridized carbons (Fsp3) is 0.667. The SMILES string of the molecule is CC1CC(C(=O)O)CCN1C(c1cccs1)C1CC1. The van der Waals surface area contributed by atoms with Gasteiger partial charge in [0, 0.05) is 17.0 Å². The summed E-state index contributed by atoms with van der Waals surface area (Å²) in [5, 5.41) is 11.3. The highest BCUT2D eigenvalue weighted by Crippen LogP contribution is 2.47. The largest absolute Gasteiger partial charge is 0.481 e. The van der Waals surface area contributed by atoms with E-state index >= 15 is 0 Å². The summed E-state index contributed by atoms with van der Waals surface area (Å²) < 4.78 is 0. The number of nitrogens with zero attached hydrogens (tertiary/aromatic N) is 1. The van der Waals surface area contributed by atoms with E-state index in [1.54, 1.807) is 0 Å². The van der Waals surface area contributed by atoms with E-state index in [9.17, 15) is 4.79 Å². The maximum Gasteiger partial charge on any atom is 0.306 e. The molecule has 1 aromatic heterocycles. The molecule has 3 rings (SSSR count). The van der Waals surface area contributed by atoms with Gasteiger partial charge in [-0.2, -0.15) is 0 Å². The average Bonchev–Trinajstić information content (AvgIpc) is 3.06. The third-order valence-corrected chi connectivity index (χ3v) is 5.48. The molecule has 1 aliphatic heterocycles. The van der Waals surface area contributed by atoms with Crippen molar-refractivity contribution in [1.82, 2.24) is 4.90 Å². The first kappa shape index (κ1) is 13.1. The average molecular weight is 279 g/mol. The van der Waals surface area contributed by atoms with Crippen molar-refractivity contribution < 1.29 is 9.90 Å². The second-order valence-electron chi connectivity index (χ2n) is 5.94. The van der Waals surface area contributed by atoms with Gasteiger partial charge in [0.2, 0.25) is 0 Å². The fourth-order valence-corrected chi connectivity index (χ4v) is 4.30. The van der Waals surface area contributed by atoms with Crippen LogP contribution in [0.25, 0.3) is 0 Å². The summed E-state index contributed by atoms with van der Waals surface area (Å²) in [6.45, 7) is 3.12. The molecule has 1 aliphatic carbocycles. The van der Waals surface area contributed by atoms with Crippen molar-refractivity contribution in [3.8, 4) is 0 Å². The van der Waals surface area contributed by atoms with Gasteiger partial charge in [-0.1, -0.05) is 6.07 Å². The van der Waals surface area contributed by atoms with E-state index in [4.69, 9.17) is 5.11 Å². The summed E-state index contributed by atoms with van der Waals surface area (Å²) in [5.41, 5.74) is 0. The molecule has 0 bridgehead atoms. The zero-order valence-electron chi connectivity index (χ0n) is 11.3. The second kappa shape index (κ2) is 5.25. The summed E-state index contributed by atoms with van der Waals surface area (Å²) in [4.78, 5) is 15.2. The van der Waals surface area contributed by atoms with Gasteiger partial charge >= 0.3 is 5.97 Å². The number of rotatable bonds is 4. The van der Waals surface area contributed by atoms with Crippen molar-refractivity contribution >= 4 is 17.3 Å². The van der Waals surface area contributed by atoms with Crippen molar-refractivity contribution in [3.63, 3.8) is 0 Å². The highest BCUT2D eigenvalue weighted by atomic mass is 32.1. The molecule has 3 unspecified atom stereocenters. The molecule has 1 N–H and O–H groups in total. The Labute approximate surface area is 118 Å². The molecular weight excluding hydrogens is 258 g/mol. The predicted molar refractivity (Wildman–Crippen MR) is 76.3 cm³/mol. The first-order chi connectivity index (χ1) is 9.16. The fourth-order valence-electron chi connectivity index (χ4n) is 3.37. The monoisotopic (exact) mass is 279 g/mol. The molecule has 0 radical (unpaired) electrons. The number of carboxylic acids is 1. The molecule has 3 nitrogen and oxygen atoms in total. The normalized spacial score (nSPS) is 30.2. The van der Waals surface area contributed by atoms with Gasteiger partial charge in [-0.15, -0.1) is 11.3 Å². The van der Waals surface area contributed by atoms with Crippen LogP contribution >= 0.6 is 11.3 Å². The summed E-state index contributed by atoms with van der Waals surface area (Å²) in [6.07, 6.45) is 4.25. The summed E-state index contributed by atoms with van der Waals surface area (Å²) in [6, 6.07) is 5.28. The lowest BCUT2D eigenvalue weighted by atomic mass is 9.89. The van der Waals surface area contributed by atoms with E-state index in [1.165, 1.54) is 17.7 Å². The van der Waals surface area contributed by atoms with Crippen molar-refractivity contribution in [2.45, 2.75) is 44.7 Å². The van der Waals surface area contributed by atoms with Crippen molar-refractivity contribution in [2.75, 3.05) is 6.54 Å². The lowest BCUT2D eigenvalue weighted by Crippen LogP contribution is -2.45. The zero-order valence-corrected chi connectivity index (χ0v) is 12.1. The van der Waals surface area contributed by atoms with Crippen LogP contribution in [0.15, 0.2) is 17.5 Å². The maximum atomic E-state index is 11.1. The van der Waals surface area contributed by atoms with Gasteiger partial charge in [0.05, 0.1) is 5.92 Å². The summed E-state index contributed by atoms with van der Waals surface area (Å²) in [5.74, 6) is 0.0301. The lowest BCUT2D eigenvalue weighted by molar-refractivity contribution is -0.144. The first-order valence-corrected chi connectivity index (χ1v) is 8.06. The minimum atomic E-state index is -0.620. The van der Waals surface area contributed by atoms with Gasteiger partial charge in [-0.05, 0) is 56.5 Å². The molecule has 3 atom stereocenters. The van der Waals surface area contributed by atoms with E-state index in [-0.39, 0.29) is 5.92 Å². The molecule has 1 aromatic rings. The van der Waals surface area contributed by atoms with Crippen molar-refractivity contribution in [3.05, 3.63) is 22.4 Å². The van der Waals surface area contributed by atoms with Gasteiger partial charge in [-0.25, -0.2) is 0 Å². The van der Waals surface area contributed by atoms with Crippen LogP contribution in [0, 0.1) is 11.8 Å². The Kier molecular flexibility index (Phi) is 3.63. The number of carbonyl (C=O) groups is 1. The standard InChI is InChI=1S/C15H21NO2S/c1-10-9-12(15(17)18)6-7-16(10)14(11-4-5-11)13-3-2-8-19-13/h2-3,8,10-12,14H,4-7,9H2,1H3,(H,17,18). The number of carboxylic acid groups (broad SMARTS) is 1. The molecule has 4 heteroatoms. The van der Waals surface area contributed by atoms with E-state index in [0.717, 1.165) is 25.3 Å². The molecule has 19 heavy (non-hydrogen) atoms. The molecule has 2 heterocycles. The molecule has 0 aromatic carbocycles. The number of hydrogen-bond acceptors (Lipinski definition) is 3. The minimum absolute atomic E-state index is 0.144. The van der Waals surface area contributed by atoms with Gasteiger partial charge in [0.1, 0.15) is 0 Å². The highest BCUT2D eigenvalue weighted by molar-refractivity contribution is 7.10. The number of piperidine rings is 1. The van der Waals surface area contributed by atoms with Crippen LogP contribution in [0.5, 0.6) is 0 Å². The zero-order chi connectivity index (χ0) is 13.4. The number of likely N-dealkylation sites (tertiary alicyclic amines) is 1. The highest BCUT2D eigenvalue weighted by Gasteiger charge is 2.41. The molecule has 0 spiro atoms. The van der Waals surface area contributed by atoms with E-state index in [0.29, 0.717) is 12.1 Å². The second-order valence-corrected chi connectivity index (χ2v) is 6.92. The number of thiophene rings is 1. The van der Waals surface area contributed by atoms with Crippen molar-refractivity contribution in [2.24, 2.45) is 11.8 Å². The molecule has 2 fully saturated rings. The first-order valence-electron chi connectivity index (χ1n) is 7.18. The van der Waals surface area contributed by atoms with Crippen LogP contribution in [0.3, 0.4) is 0 Å². The molecule has 1 saturated heterocycles. The van der Waals surface area contributed by atoms with E-state index in [1.807, 2.05) is 11.3 Å². The molecule has 0 amide bonds. The Hall–Kier alpha value is -0.870. The third kappa shape index (κ3) is 2.70. The van der Waals surface area contributed by atoms with Gasteiger partial charge in [0.15, 0.2) is 0 Å². The van der Waals surface area contributed by atoms with Crippen LogP contribution in [-0.4, -0.2) is 28.6 Å². The topological polar surface area (TPSA) is 40.5 Å². The van der Waals surface area contributed by atoms with E-state index < -0.39 is 5.97 Å². The third-order valence-electron chi connectivity index (χ3n) is 4.54. The maximum absolute atomic E-state index is 11.1. The smallest absolute Gasteiger partial charge is 0.306 e. The van der Waals surface area contributed by atoms with Crippen LogP contribution < -0.4 is 0 Å². The van der Waals surface area contributed by atoms with Crippen LogP contribution in [0.4, 0.5) is 0 Å². The molecule has 2 aliphatic rings. The Balaban J connectivity index is 1.75. The molecule has 1 saturated carbocycles. The quantitative estimate of drug-likeness (QED) is 0.918. The Bertz CT molecular complexity index is 441. The Morgan fingerprint density at radius 3 is 2.79 bits per heavy atom. The van der Waals surface area contributed by atoms with E-state index in [2.05, 4.69) is 29.3 Å². The van der Waals surface area contributed by atoms with Gasteiger partial charge in [-0.3, -0.25) is 9.69 Å². The van der Waals surface area contributed by atoms with Gasteiger partial charge < -0.3 is 5.11 Å². The number of aliphatic carboxylic acids is 1. The Morgan fingerprint density at radius 2 is 2.26 bits per heavy atom. The van der Waals surface area contributed by atoms with Crippen LogP contribution in [0.2, 0.25) is 0 Å². The van der Waals surface area contributed by atoms with Gasteiger partial charge in [0.25, 0.3) is 0 Å². The van der Waals surface area contributed by atoms with Crippen LogP contribution in [0.1, 0.15) is 43.5 Å². The summed E-state index contributed by atoms with van der Waals surface area (Å²) in [7, 11) is 0. The van der Waals surface area contributed by atoms with Crippen LogP contribution in [-0.2, 0) is 4.79 Å². The lowest BCUT2D eigenvalue weighted by Gasteiger charge is -2.41. The predicted octanol–water partition coefficient (Wildman–Crippen LogP) is 3.38. The number of hydrogen-bond donors (Lipinski definition) is 1. The minimum Gasteiger partial charge on any atom is -0.481 e. The Morgan fingerprint density at radius 1 is 1.47 bits per heavy atom. The molecular formula is C15H21NO2S. The summed E-state index contributed by atoms with van der Waals surface area (Å²) >= 11 is 1.84. The molecule has 104 valence electrons. The van der Waals surface area contributed by atoms with Crippen molar-refractivity contribution in [1.29, 1.82) is 0 Å².